The molecule has 0 atom stereocenters. The van der Waals surface area contributed by atoms with Crippen LogP contribution in [-0.4, -0.2) is 39.7 Å². The Bertz CT molecular complexity index is 648. The van der Waals surface area contributed by atoms with Crippen LogP contribution in [0.3, 0.4) is 0 Å². The fourth-order valence-corrected chi connectivity index (χ4v) is 2.91. The SMILES string of the molecule is c1nc(NCCc2noc(C3CC3)n2)cc(N2CCCCC2)n1. The third-order valence-electron chi connectivity index (χ3n) is 4.40. The Morgan fingerprint density at radius 2 is 2.04 bits per heavy atom. The first-order chi connectivity index (χ1) is 11.4. The van der Waals surface area contributed by atoms with Gasteiger partial charge in [0, 0.05) is 38.0 Å². The number of nitrogens with one attached hydrogen (secondary N) is 1. The van der Waals surface area contributed by atoms with Gasteiger partial charge in [-0.15, -0.1) is 0 Å². The Labute approximate surface area is 135 Å². The molecule has 2 aromatic heterocycles. The predicted molar refractivity (Wildman–Crippen MR) is 86.6 cm³/mol. The summed E-state index contributed by atoms with van der Waals surface area (Å²) in [5, 5.41) is 7.36. The molecule has 3 heterocycles. The molecule has 2 aromatic rings. The van der Waals surface area contributed by atoms with Gasteiger partial charge in [0.2, 0.25) is 5.89 Å². The molecule has 2 aliphatic rings. The van der Waals surface area contributed by atoms with E-state index in [-0.39, 0.29) is 0 Å². The molecule has 23 heavy (non-hydrogen) atoms. The highest BCUT2D eigenvalue weighted by Crippen LogP contribution is 2.38. The molecule has 0 radical (unpaired) electrons. The van der Waals surface area contributed by atoms with Crippen LogP contribution < -0.4 is 10.2 Å². The summed E-state index contributed by atoms with van der Waals surface area (Å²) in [6.45, 7) is 2.91. The van der Waals surface area contributed by atoms with Crippen molar-refractivity contribution in [2.75, 3.05) is 29.9 Å². The van der Waals surface area contributed by atoms with Crippen molar-refractivity contribution < 1.29 is 4.52 Å². The van der Waals surface area contributed by atoms with Crippen LogP contribution >= 0.6 is 0 Å². The van der Waals surface area contributed by atoms with Crippen molar-refractivity contribution in [3.8, 4) is 0 Å². The van der Waals surface area contributed by atoms with Crippen LogP contribution in [-0.2, 0) is 6.42 Å². The third-order valence-corrected chi connectivity index (χ3v) is 4.40. The molecule has 0 bridgehead atoms. The van der Waals surface area contributed by atoms with Crippen molar-refractivity contribution in [2.24, 2.45) is 0 Å². The van der Waals surface area contributed by atoms with Gasteiger partial charge in [-0.25, -0.2) is 9.97 Å². The largest absolute Gasteiger partial charge is 0.369 e. The van der Waals surface area contributed by atoms with E-state index in [9.17, 15) is 0 Å². The Kier molecular flexibility index (Phi) is 4.08. The summed E-state index contributed by atoms with van der Waals surface area (Å²) in [7, 11) is 0. The van der Waals surface area contributed by atoms with E-state index in [1.807, 2.05) is 6.07 Å². The second-order valence-corrected chi connectivity index (χ2v) is 6.31. The summed E-state index contributed by atoms with van der Waals surface area (Å²) in [4.78, 5) is 15.5. The normalized spacial score (nSPS) is 18.2. The number of piperidine rings is 1. The number of rotatable bonds is 6. The van der Waals surface area contributed by atoms with Gasteiger partial charge in [0.15, 0.2) is 5.82 Å². The fourth-order valence-electron chi connectivity index (χ4n) is 2.91. The minimum absolute atomic E-state index is 0.512. The molecule has 7 heteroatoms. The minimum atomic E-state index is 0.512. The van der Waals surface area contributed by atoms with E-state index in [1.165, 1.54) is 32.1 Å². The van der Waals surface area contributed by atoms with Gasteiger partial charge in [0.1, 0.15) is 18.0 Å². The molecular formula is C16H22N6O. The van der Waals surface area contributed by atoms with Crippen molar-refractivity contribution >= 4 is 11.6 Å². The van der Waals surface area contributed by atoms with Crippen molar-refractivity contribution in [3.05, 3.63) is 24.1 Å². The minimum Gasteiger partial charge on any atom is -0.369 e. The number of anilines is 2. The molecule has 122 valence electrons. The highest BCUT2D eigenvalue weighted by atomic mass is 16.5. The zero-order chi connectivity index (χ0) is 15.5. The molecule has 2 fully saturated rings. The molecular weight excluding hydrogens is 292 g/mol. The first-order valence-electron chi connectivity index (χ1n) is 8.52. The van der Waals surface area contributed by atoms with E-state index in [1.54, 1.807) is 6.33 Å². The van der Waals surface area contributed by atoms with Gasteiger partial charge in [0.05, 0.1) is 0 Å². The third kappa shape index (κ3) is 3.60. The highest BCUT2D eigenvalue weighted by molar-refractivity contribution is 5.48. The summed E-state index contributed by atoms with van der Waals surface area (Å²) in [6, 6.07) is 2.02. The van der Waals surface area contributed by atoms with Crippen LogP contribution in [0.25, 0.3) is 0 Å². The summed E-state index contributed by atoms with van der Waals surface area (Å²) >= 11 is 0. The number of aromatic nitrogens is 4. The lowest BCUT2D eigenvalue weighted by molar-refractivity contribution is 0.374. The van der Waals surface area contributed by atoms with Crippen molar-refractivity contribution in [2.45, 2.75) is 44.4 Å². The second kappa shape index (κ2) is 6.52. The van der Waals surface area contributed by atoms with Gasteiger partial charge >= 0.3 is 0 Å². The highest BCUT2D eigenvalue weighted by Gasteiger charge is 2.29. The maximum absolute atomic E-state index is 5.27. The molecule has 4 rings (SSSR count). The lowest BCUT2D eigenvalue weighted by Crippen LogP contribution is -2.30. The molecule has 1 aliphatic heterocycles. The van der Waals surface area contributed by atoms with E-state index < -0.39 is 0 Å². The first kappa shape index (κ1) is 14.4. The number of hydrogen-bond acceptors (Lipinski definition) is 7. The maximum atomic E-state index is 5.27. The molecule has 1 aliphatic carbocycles. The lowest BCUT2D eigenvalue weighted by Gasteiger charge is -2.27. The van der Waals surface area contributed by atoms with Gasteiger partial charge in [-0.1, -0.05) is 5.16 Å². The Morgan fingerprint density at radius 3 is 2.87 bits per heavy atom. The van der Waals surface area contributed by atoms with Gasteiger partial charge in [-0.2, -0.15) is 4.98 Å². The van der Waals surface area contributed by atoms with E-state index in [4.69, 9.17) is 4.52 Å². The van der Waals surface area contributed by atoms with Crippen LogP contribution in [0.5, 0.6) is 0 Å². The molecule has 1 saturated heterocycles. The van der Waals surface area contributed by atoms with E-state index >= 15 is 0 Å². The number of hydrogen-bond donors (Lipinski definition) is 1. The molecule has 1 saturated carbocycles. The average molecular weight is 314 g/mol. The number of nitrogens with zero attached hydrogens (tertiary/aromatic N) is 5. The van der Waals surface area contributed by atoms with Gasteiger partial charge in [0.25, 0.3) is 0 Å². The monoisotopic (exact) mass is 314 g/mol. The fraction of sp³-hybridized carbons (Fsp3) is 0.625. The Balaban J connectivity index is 1.31. The van der Waals surface area contributed by atoms with Crippen LogP contribution in [0, 0.1) is 0 Å². The zero-order valence-electron chi connectivity index (χ0n) is 13.2. The van der Waals surface area contributed by atoms with Crippen molar-refractivity contribution in [1.82, 2.24) is 20.1 Å². The zero-order valence-corrected chi connectivity index (χ0v) is 13.2. The summed E-state index contributed by atoms with van der Waals surface area (Å²) in [5.74, 6) is 3.95. The smallest absolute Gasteiger partial charge is 0.229 e. The molecule has 0 spiro atoms. The second-order valence-electron chi connectivity index (χ2n) is 6.31. The quantitative estimate of drug-likeness (QED) is 0.876. The van der Waals surface area contributed by atoms with Crippen LogP contribution in [0.1, 0.15) is 49.7 Å². The van der Waals surface area contributed by atoms with Gasteiger partial charge in [-0.3, -0.25) is 0 Å². The maximum Gasteiger partial charge on any atom is 0.229 e. The van der Waals surface area contributed by atoms with E-state index in [2.05, 4.69) is 30.3 Å². The van der Waals surface area contributed by atoms with Crippen LogP contribution in [0.2, 0.25) is 0 Å². The topological polar surface area (TPSA) is 80.0 Å². The first-order valence-corrected chi connectivity index (χ1v) is 8.52. The standard InChI is InChI=1S/C16H22N6O/c1-2-8-22(9-3-1)15-10-14(18-11-19-15)17-7-6-13-20-16(23-21-13)12-4-5-12/h10-12H,1-9H2,(H,17,18,19). The van der Waals surface area contributed by atoms with Gasteiger partial charge < -0.3 is 14.7 Å². The Hall–Kier alpha value is -2.18. The predicted octanol–water partition coefficient (Wildman–Crippen LogP) is 2.38. The lowest BCUT2D eigenvalue weighted by atomic mass is 10.1. The molecule has 1 N–H and O–H groups in total. The van der Waals surface area contributed by atoms with Crippen molar-refractivity contribution in [3.63, 3.8) is 0 Å². The van der Waals surface area contributed by atoms with Gasteiger partial charge in [-0.05, 0) is 32.1 Å². The average Bonchev–Trinajstić information content (AvgIpc) is 3.35. The summed E-state index contributed by atoms with van der Waals surface area (Å²) in [5.41, 5.74) is 0. The molecule has 0 unspecified atom stereocenters. The molecule has 0 aromatic carbocycles. The van der Waals surface area contributed by atoms with Crippen LogP contribution in [0.4, 0.5) is 11.6 Å². The summed E-state index contributed by atoms with van der Waals surface area (Å²) in [6.07, 6.45) is 8.54. The molecule has 7 nitrogen and oxygen atoms in total. The van der Waals surface area contributed by atoms with Crippen LogP contribution in [0.15, 0.2) is 16.9 Å². The van der Waals surface area contributed by atoms with Crippen molar-refractivity contribution in [1.29, 1.82) is 0 Å². The Morgan fingerprint density at radius 1 is 1.17 bits per heavy atom. The summed E-state index contributed by atoms with van der Waals surface area (Å²) < 4.78 is 5.27. The molecule has 0 amide bonds. The van der Waals surface area contributed by atoms with E-state index in [0.717, 1.165) is 49.4 Å². The van der Waals surface area contributed by atoms with E-state index in [0.29, 0.717) is 5.92 Å².